The number of piperidine rings is 1. The van der Waals surface area contributed by atoms with Crippen molar-refractivity contribution in [1.29, 1.82) is 0 Å². The lowest BCUT2D eigenvalue weighted by molar-refractivity contribution is 0.0461. The fraction of sp³-hybridized carbons (Fsp3) is 0.381. The number of pyridine rings is 1. The first-order chi connectivity index (χ1) is 14.3. The minimum Gasteiger partial charge on any atom is -0.489 e. The van der Waals surface area contributed by atoms with Crippen LogP contribution in [0.2, 0.25) is 5.02 Å². The Kier molecular flexibility index (Phi) is 5.88. The lowest BCUT2D eigenvalue weighted by Gasteiger charge is -2.40. The minimum atomic E-state index is -0.363. The summed E-state index contributed by atoms with van der Waals surface area (Å²) in [6, 6.07) is 8.91. The fourth-order valence-corrected chi connectivity index (χ4v) is 4.22. The van der Waals surface area contributed by atoms with E-state index in [1.54, 1.807) is 29.3 Å². The van der Waals surface area contributed by atoms with Crippen LogP contribution in [0.4, 0.5) is 4.79 Å². The van der Waals surface area contributed by atoms with Gasteiger partial charge in [-0.25, -0.2) is 9.78 Å². The Bertz CT molecular complexity index is 971. The van der Waals surface area contributed by atoms with Crippen LogP contribution in [0.25, 0.3) is 0 Å². The maximum atomic E-state index is 12.5. The summed E-state index contributed by atoms with van der Waals surface area (Å²) in [5.74, 6) is 0.257. The van der Waals surface area contributed by atoms with E-state index in [0.717, 1.165) is 5.56 Å². The van der Waals surface area contributed by atoms with Crippen molar-refractivity contribution in [3.8, 4) is 5.75 Å². The van der Waals surface area contributed by atoms with Crippen molar-refractivity contribution >= 4 is 39.5 Å². The predicted octanol–water partition coefficient (Wildman–Crippen LogP) is 4.18. The lowest BCUT2D eigenvalue weighted by atomic mass is 9.88. The zero-order valence-electron chi connectivity index (χ0n) is 16.4. The minimum absolute atomic E-state index is 0.0931. The van der Waals surface area contributed by atoms with Gasteiger partial charge in [0.25, 0.3) is 5.91 Å². The first-order valence-corrected chi connectivity index (χ1v) is 10.8. The maximum Gasteiger partial charge on any atom is 0.410 e. The highest BCUT2D eigenvalue weighted by Crippen LogP contribution is 2.36. The number of hydrogen-bond acceptors (Lipinski definition) is 5. The van der Waals surface area contributed by atoms with E-state index in [-0.39, 0.29) is 29.3 Å². The van der Waals surface area contributed by atoms with Gasteiger partial charge in [-0.2, -0.15) is 0 Å². The molecule has 2 amide bonds. The van der Waals surface area contributed by atoms with E-state index in [0.29, 0.717) is 47.8 Å². The van der Waals surface area contributed by atoms with Gasteiger partial charge in [-0.1, -0.05) is 23.7 Å². The second-order valence-corrected chi connectivity index (χ2v) is 9.04. The SMILES string of the molecule is CC12COC(=O)N1CCC(Oc1cc(C(=O)NCc3ccc(Cl)cc3)ncc1Br)C2. The highest BCUT2D eigenvalue weighted by atomic mass is 79.9. The summed E-state index contributed by atoms with van der Waals surface area (Å²) >= 11 is 9.33. The third kappa shape index (κ3) is 4.39. The van der Waals surface area contributed by atoms with Crippen LogP contribution < -0.4 is 10.1 Å². The quantitative estimate of drug-likeness (QED) is 0.674. The molecule has 7 nitrogen and oxygen atoms in total. The Morgan fingerprint density at radius 3 is 2.97 bits per heavy atom. The Morgan fingerprint density at radius 1 is 1.43 bits per heavy atom. The Balaban J connectivity index is 1.41. The van der Waals surface area contributed by atoms with Crippen LogP contribution in [0, 0.1) is 0 Å². The van der Waals surface area contributed by atoms with Gasteiger partial charge in [0, 0.05) is 43.2 Å². The number of carbonyl (C=O) groups is 2. The molecule has 9 heteroatoms. The summed E-state index contributed by atoms with van der Waals surface area (Å²) in [5, 5.41) is 3.50. The molecule has 4 rings (SSSR count). The van der Waals surface area contributed by atoms with E-state index in [9.17, 15) is 9.59 Å². The smallest absolute Gasteiger partial charge is 0.410 e. The highest BCUT2D eigenvalue weighted by Gasteiger charge is 2.48. The van der Waals surface area contributed by atoms with E-state index in [4.69, 9.17) is 21.1 Å². The molecule has 2 atom stereocenters. The molecule has 0 aliphatic carbocycles. The molecular formula is C21H21BrClN3O4. The second-order valence-electron chi connectivity index (χ2n) is 7.74. The summed E-state index contributed by atoms with van der Waals surface area (Å²) in [6.07, 6.45) is 2.56. The number of rotatable bonds is 5. The Morgan fingerprint density at radius 2 is 2.20 bits per heavy atom. The van der Waals surface area contributed by atoms with Crippen LogP contribution in [0.5, 0.6) is 5.75 Å². The number of aromatic nitrogens is 1. The standard InChI is InChI=1S/C21H21BrClN3O4/c1-21-9-15(6-7-26(21)20(28)29-12-21)30-18-8-17(24-11-16(18)22)19(27)25-10-13-2-4-14(23)5-3-13/h2-5,8,11,15H,6-7,9-10,12H2,1H3,(H,25,27). The van der Waals surface area contributed by atoms with Crippen LogP contribution in [0.15, 0.2) is 41.0 Å². The number of nitrogens with one attached hydrogen (secondary N) is 1. The molecule has 158 valence electrons. The average molecular weight is 495 g/mol. The van der Waals surface area contributed by atoms with Gasteiger partial charge in [-0.15, -0.1) is 0 Å². The molecular weight excluding hydrogens is 474 g/mol. The summed E-state index contributed by atoms with van der Waals surface area (Å²) in [4.78, 5) is 30.3. The Hall–Kier alpha value is -2.32. The van der Waals surface area contributed by atoms with E-state index < -0.39 is 0 Å². The van der Waals surface area contributed by atoms with E-state index in [1.165, 1.54) is 0 Å². The van der Waals surface area contributed by atoms with Gasteiger partial charge in [0.1, 0.15) is 24.2 Å². The zero-order valence-corrected chi connectivity index (χ0v) is 18.7. The maximum absolute atomic E-state index is 12.5. The molecule has 1 N–H and O–H groups in total. The van der Waals surface area contributed by atoms with Crippen molar-refractivity contribution < 1.29 is 19.1 Å². The van der Waals surface area contributed by atoms with E-state index in [1.807, 2.05) is 19.1 Å². The van der Waals surface area contributed by atoms with Gasteiger partial charge in [-0.3, -0.25) is 9.69 Å². The highest BCUT2D eigenvalue weighted by molar-refractivity contribution is 9.10. The van der Waals surface area contributed by atoms with Crippen LogP contribution in [-0.2, 0) is 11.3 Å². The summed E-state index contributed by atoms with van der Waals surface area (Å²) in [5.41, 5.74) is 0.845. The third-order valence-corrected chi connectivity index (χ3v) is 6.28. The molecule has 30 heavy (non-hydrogen) atoms. The van der Waals surface area contributed by atoms with Gasteiger partial charge < -0.3 is 14.8 Å². The predicted molar refractivity (Wildman–Crippen MR) is 115 cm³/mol. The van der Waals surface area contributed by atoms with Gasteiger partial charge >= 0.3 is 6.09 Å². The van der Waals surface area contributed by atoms with Crippen molar-refractivity contribution in [2.24, 2.45) is 0 Å². The van der Waals surface area contributed by atoms with Crippen molar-refractivity contribution in [3.05, 3.63) is 57.3 Å². The van der Waals surface area contributed by atoms with Gasteiger partial charge in [0.2, 0.25) is 0 Å². The van der Waals surface area contributed by atoms with E-state index in [2.05, 4.69) is 26.2 Å². The molecule has 1 aromatic carbocycles. The first-order valence-electron chi connectivity index (χ1n) is 9.63. The van der Waals surface area contributed by atoms with Crippen molar-refractivity contribution in [1.82, 2.24) is 15.2 Å². The average Bonchev–Trinajstić information content (AvgIpc) is 3.03. The largest absolute Gasteiger partial charge is 0.489 e. The van der Waals surface area contributed by atoms with Gasteiger partial charge in [-0.05, 0) is 40.5 Å². The van der Waals surface area contributed by atoms with Crippen molar-refractivity contribution in [2.45, 2.75) is 38.0 Å². The molecule has 3 heterocycles. The molecule has 0 radical (unpaired) electrons. The number of halogens is 2. The van der Waals surface area contributed by atoms with Crippen LogP contribution in [-0.4, -0.2) is 46.7 Å². The number of nitrogens with zero attached hydrogens (tertiary/aromatic N) is 2. The third-order valence-electron chi connectivity index (χ3n) is 5.43. The molecule has 1 aromatic heterocycles. The Labute approximate surface area is 187 Å². The zero-order chi connectivity index (χ0) is 21.3. The summed E-state index contributed by atoms with van der Waals surface area (Å²) in [7, 11) is 0. The summed E-state index contributed by atoms with van der Waals surface area (Å²) in [6.45, 7) is 3.32. The molecule has 0 spiro atoms. The molecule has 0 saturated carbocycles. The normalized spacial score (nSPS) is 23.0. The number of cyclic esters (lactones) is 1. The molecule has 2 aromatic rings. The fourth-order valence-electron chi connectivity index (χ4n) is 3.78. The van der Waals surface area contributed by atoms with Gasteiger partial charge in [0.05, 0.1) is 10.0 Å². The topological polar surface area (TPSA) is 80.8 Å². The second kappa shape index (κ2) is 8.43. The lowest BCUT2D eigenvalue weighted by Crippen LogP contribution is -2.53. The molecule has 2 saturated heterocycles. The first kappa shape index (κ1) is 20.9. The van der Waals surface area contributed by atoms with Crippen LogP contribution >= 0.6 is 27.5 Å². The number of ether oxygens (including phenoxy) is 2. The van der Waals surface area contributed by atoms with Crippen LogP contribution in [0.3, 0.4) is 0 Å². The molecule has 2 unspecified atom stereocenters. The number of carbonyl (C=O) groups excluding carboxylic acids is 2. The van der Waals surface area contributed by atoms with Gasteiger partial charge in [0.15, 0.2) is 0 Å². The summed E-state index contributed by atoms with van der Waals surface area (Å²) < 4.78 is 12.1. The molecule has 2 fully saturated rings. The number of hydrogen-bond donors (Lipinski definition) is 1. The number of fused-ring (bicyclic) bond motifs is 1. The van der Waals surface area contributed by atoms with Crippen LogP contribution in [0.1, 0.15) is 35.8 Å². The van der Waals surface area contributed by atoms with Crippen molar-refractivity contribution in [3.63, 3.8) is 0 Å². The monoisotopic (exact) mass is 493 g/mol. The molecule has 2 aliphatic rings. The number of benzene rings is 1. The number of amides is 2. The molecule has 2 aliphatic heterocycles. The molecule has 0 bridgehead atoms. The van der Waals surface area contributed by atoms with Crippen molar-refractivity contribution in [2.75, 3.05) is 13.2 Å². The van der Waals surface area contributed by atoms with E-state index >= 15 is 0 Å².